The van der Waals surface area contributed by atoms with Gasteiger partial charge in [0.15, 0.2) is 4.33 Å². The SMILES string of the molecule is Cn1c2ccccc2c2cc(C(Cl)(Cl)c3ccccc3)ccc21. The van der Waals surface area contributed by atoms with Crippen molar-refractivity contribution in [2.24, 2.45) is 7.05 Å². The van der Waals surface area contributed by atoms with Gasteiger partial charge in [0.1, 0.15) is 0 Å². The van der Waals surface area contributed by atoms with E-state index in [-0.39, 0.29) is 0 Å². The summed E-state index contributed by atoms with van der Waals surface area (Å²) >= 11 is 13.4. The molecule has 0 aliphatic rings. The summed E-state index contributed by atoms with van der Waals surface area (Å²) in [5.74, 6) is 0. The number of para-hydroxylation sites is 1. The number of aromatic nitrogens is 1. The summed E-state index contributed by atoms with van der Waals surface area (Å²) in [6.45, 7) is 0. The van der Waals surface area contributed by atoms with Crippen LogP contribution < -0.4 is 0 Å². The van der Waals surface area contributed by atoms with Crippen LogP contribution in [0.5, 0.6) is 0 Å². The summed E-state index contributed by atoms with van der Waals surface area (Å²) < 4.78 is 1.13. The normalized spacial score (nSPS) is 12.1. The quantitative estimate of drug-likeness (QED) is 0.394. The Morgan fingerprint density at radius 2 is 1.35 bits per heavy atom. The maximum Gasteiger partial charge on any atom is 0.168 e. The first-order chi connectivity index (χ1) is 11.1. The maximum absolute atomic E-state index is 6.70. The lowest BCUT2D eigenvalue weighted by atomic mass is 10.0. The fourth-order valence-electron chi connectivity index (χ4n) is 3.18. The molecule has 0 atom stereocenters. The highest BCUT2D eigenvalue weighted by atomic mass is 35.5. The average Bonchev–Trinajstić information content (AvgIpc) is 2.89. The van der Waals surface area contributed by atoms with Gasteiger partial charge in [0, 0.05) is 28.9 Å². The third-order valence-corrected chi connectivity index (χ3v) is 5.29. The van der Waals surface area contributed by atoms with E-state index in [9.17, 15) is 0 Å². The fourth-order valence-corrected chi connectivity index (χ4v) is 3.66. The summed E-state index contributed by atoms with van der Waals surface area (Å²) in [5, 5.41) is 2.38. The molecule has 0 fully saturated rings. The van der Waals surface area contributed by atoms with Gasteiger partial charge in [-0.2, -0.15) is 0 Å². The average molecular weight is 340 g/mol. The second kappa shape index (κ2) is 5.30. The number of fused-ring (bicyclic) bond motifs is 3. The van der Waals surface area contributed by atoms with Crippen LogP contribution in [0.25, 0.3) is 21.8 Å². The first-order valence-corrected chi connectivity index (χ1v) is 8.25. The van der Waals surface area contributed by atoms with Crippen LogP contribution in [0.2, 0.25) is 0 Å². The molecule has 1 aromatic heterocycles. The summed E-state index contributed by atoms with van der Waals surface area (Å²) in [6, 6.07) is 24.3. The highest BCUT2D eigenvalue weighted by Crippen LogP contribution is 2.42. The zero-order valence-electron chi connectivity index (χ0n) is 12.6. The number of rotatable bonds is 2. The van der Waals surface area contributed by atoms with Gasteiger partial charge in [-0.15, -0.1) is 0 Å². The molecule has 3 aromatic carbocycles. The Labute approximate surface area is 145 Å². The Bertz CT molecular complexity index is 1000. The Balaban J connectivity index is 1.98. The van der Waals surface area contributed by atoms with Crippen molar-refractivity contribution < 1.29 is 0 Å². The molecule has 23 heavy (non-hydrogen) atoms. The molecule has 0 unspecified atom stereocenters. The molecule has 0 bridgehead atoms. The molecule has 1 heterocycles. The number of nitrogens with zero attached hydrogens (tertiary/aromatic N) is 1. The number of halogens is 2. The number of alkyl halides is 2. The van der Waals surface area contributed by atoms with Crippen molar-refractivity contribution in [3.05, 3.63) is 83.9 Å². The van der Waals surface area contributed by atoms with Gasteiger partial charge in [0.25, 0.3) is 0 Å². The molecule has 0 saturated heterocycles. The molecule has 0 aliphatic heterocycles. The van der Waals surface area contributed by atoms with Crippen LogP contribution in [-0.4, -0.2) is 4.57 Å². The Hall–Kier alpha value is -1.96. The topological polar surface area (TPSA) is 4.93 Å². The molecule has 0 N–H and O–H groups in total. The highest BCUT2D eigenvalue weighted by molar-refractivity contribution is 6.50. The monoisotopic (exact) mass is 339 g/mol. The molecule has 1 nitrogen and oxygen atoms in total. The van der Waals surface area contributed by atoms with Crippen LogP contribution >= 0.6 is 23.2 Å². The van der Waals surface area contributed by atoms with E-state index in [1.54, 1.807) is 0 Å². The molecule has 0 aliphatic carbocycles. The van der Waals surface area contributed by atoms with Gasteiger partial charge >= 0.3 is 0 Å². The van der Waals surface area contributed by atoms with E-state index in [0.717, 1.165) is 11.1 Å². The predicted molar refractivity (Wildman–Crippen MR) is 99.4 cm³/mol. The number of aryl methyl sites for hydroxylation is 1. The molecule has 0 radical (unpaired) electrons. The second-order valence-corrected chi connectivity index (χ2v) is 7.08. The number of hydrogen-bond acceptors (Lipinski definition) is 0. The van der Waals surface area contributed by atoms with Crippen molar-refractivity contribution in [3.8, 4) is 0 Å². The minimum atomic E-state index is -1.06. The molecular weight excluding hydrogens is 325 g/mol. The largest absolute Gasteiger partial charge is 0.344 e. The Kier molecular flexibility index (Phi) is 3.37. The lowest BCUT2D eigenvalue weighted by Crippen LogP contribution is -2.11. The van der Waals surface area contributed by atoms with E-state index in [1.807, 2.05) is 36.4 Å². The molecule has 114 valence electrons. The van der Waals surface area contributed by atoms with Crippen molar-refractivity contribution in [1.82, 2.24) is 4.57 Å². The Morgan fingerprint density at radius 3 is 2.13 bits per heavy atom. The summed E-state index contributed by atoms with van der Waals surface area (Å²) in [5.41, 5.74) is 4.14. The minimum absolute atomic E-state index is 0.878. The van der Waals surface area contributed by atoms with E-state index < -0.39 is 4.33 Å². The van der Waals surface area contributed by atoms with Crippen LogP contribution in [0.4, 0.5) is 0 Å². The summed E-state index contributed by atoms with van der Waals surface area (Å²) in [7, 11) is 2.08. The molecular formula is C20H15Cl2N. The van der Waals surface area contributed by atoms with Gasteiger partial charge in [0.2, 0.25) is 0 Å². The van der Waals surface area contributed by atoms with Crippen molar-refractivity contribution in [2.45, 2.75) is 4.33 Å². The minimum Gasteiger partial charge on any atom is -0.344 e. The molecule has 0 saturated carbocycles. The van der Waals surface area contributed by atoms with Crippen molar-refractivity contribution in [1.29, 1.82) is 0 Å². The van der Waals surface area contributed by atoms with Gasteiger partial charge in [-0.1, -0.05) is 77.8 Å². The van der Waals surface area contributed by atoms with E-state index in [4.69, 9.17) is 23.2 Å². The third kappa shape index (κ3) is 2.23. The first kappa shape index (κ1) is 14.6. The van der Waals surface area contributed by atoms with E-state index in [0.29, 0.717) is 0 Å². The van der Waals surface area contributed by atoms with E-state index in [1.165, 1.54) is 21.8 Å². The van der Waals surface area contributed by atoms with Crippen LogP contribution in [0.3, 0.4) is 0 Å². The lowest BCUT2D eigenvalue weighted by molar-refractivity contribution is 1.01. The molecule has 0 amide bonds. The molecule has 4 rings (SSSR count). The number of benzene rings is 3. The summed E-state index contributed by atoms with van der Waals surface area (Å²) in [6.07, 6.45) is 0. The molecule has 4 aromatic rings. The van der Waals surface area contributed by atoms with Crippen molar-refractivity contribution in [3.63, 3.8) is 0 Å². The van der Waals surface area contributed by atoms with Crippen LogP contribution in [0, 0.1) is 0 Å². The standard InChI is InChI=1S/C20H15Cl2N/c1-23-18-10-6-5-9-16(18)17-13-15(11-12-19(17)23)20(21,22)14-7-3-2-4-8-14/h2-13H,1H3. The van der Waals surface area contributed by atoms with Crippen molar-refractivity contribution >= 4 is 45.0 Å². The van der Waals surface area contributed by atoms with Gasteiger partial charge in [-0.05, 0) is 29.3 Å². The zero-order valence-corrected chi connectivity index (χ0v) is 14.1. The maximum atomic E-state index is 6.70. The highest BCUT2D eigenvalue weighted by Gasteiger charge is 2.29. The van der Waals surface area contributed by atoms with Crippen LogP contribution in [-0.2, 0) is 11.4 Å². The zero-order chi connectivity index (χ0) is 16.0. The first-order valence-electron chi connectivity index (χ1n) is 7.50. The van der Waals surface area contributed by atoms with Gasteiger partial charge in [0.05, 0.1) is 0 Å². The van der Waals surface area contributed by atoms with Gasteiger partial charge < -0.3 is 4.57 Å². The van der Waals surface area contributed by atoms with Gasteiger partial charge in [-0.25, -0.2) is 0 Å². The second-order valence-electron chi connectivity index (χ2n) is 5.75. The van der Waals surface area contributed by atoms with Gasteiger partial charge in [-0.3, -0.25) is 0 Å². The lowest BCUT2D eigenvalue weighted by Gasteiger charge is -2.21. The van der Waals surface area contributed by atoms with Crippen LogP contribution in [0.15, 0.2) is 72.8 Å². The number of hydrogen-bond donors (Lipinski definition) is 0. The van der Waals surface area contributed by atoms with Crippen LogP contribution in [0.1, 0.15) is 11.1 Å². The summed E-state index contributed by atoms with van der Waals surface area (Å²) in [4.78, 5) is 0. The fraction of sp³-hybridized carbons (Fsp3) is 0.100. The Morgan fingerprint density at radius 1 is 0.696 bits per heavy atom. The molecule has 0 spiro atoms. The smallest absolute Gasteiger partial charge is 0.168 e. The predicted octanol–water partition coefficient (Wildman–Crippen LogP) is 6.01. The third-order valence-electron chi connectivity index (χ3n) is 4.41. The van der Waals surface area contributed by atoms with Crippen molar-refractivity contribution in [2.75, 3.05) is 0 Å². The van der Waals surface area contributed by atoms with E-state index in [2.05, 4.69) is 48.0 Å². The van der Waals surface area contributed by atoms with E-state index >= 15 is 0 Å². The molecule has 3 heteroatoms.